The molecule has 8 heteroatoms. The van der Waals surface area contributed by atoms with Gasteiger partial charge in [-0.25, -0.2) is 4.98 Å². The molecule has 0 aliphatic carbocycles. The summed E-state index contributed by atoms with van der Waals surface area (Å²) in [4.78, 5) is 15.9. The van der Waals surface area contributed by atoms with E-state index in [0.29, 0.717) is 13.0 Å². The lowest BCUT2D eigenvalue weighted by Gasteiger charge is -2.15. The normalized spacial score (nSPS) is 15.9. The summed E-state index contributed by atoms with van der Waals surface area (Å²) in [5.74, 6) is 1.87. The molecule has 8 nitrogen and oxygen atoms in total. The molecular formula is C14H21N7O. The lowest BCUT2D eigenvalue weighted by Crippen LogP contribution is -2.29. The van der Waals surface area contributed by atoms with Crippen LogP contribution in [0.4, 0.5) is 0 Å². The zero-order chi connectivity index (χ0) is 15.4. The van der Waals surface area contributed by atoms with Gasteiger partial charge in [0.25, 0.3) is 0 Å². The van der Waals surface area contributed by atoms with Crippen LogP contribution in [0.25, 0.3) is 0 Å². The maximum Gasteiger partial charge on any atom is 0.222 e. The summed E-state index contributed by atoms with van der Waals surface area (Å²) in [6.07, 6.45) is 7.94. The van der Waals surface area contributed by atoms with Crippen LogP contribution in [0.1, 0.15) is 50.3 Å². The van der Waals surface area contributed by atoms with E-state index in [4.69, 9.17) is 0 Å². The van der Waals surface area contributed by atoms with Crippen molar-refractivity contribution in [3.63, 3.8) is 0 Å². The molecule has 118 valence electrons. The Morgan fingerprint density at radius 1 is 1.36 bits per heavy atom. The third kappa shape index (κ3) is 3.32. The van der Waals surface area contributed by atoms with E-state index < -0.39 is 0 Å². The number of aromatic nitrogens is 6. The Morgan fingerprint density at radius 3 is 3.09 bits per heavy atom. The lowest BCUT2D eigenvalue weighted by molar-refractivity contribution is -0.122. The predicted octanol–water partition coefficient (Wildman–Crippen LogP) is 0.863. The number of hydrogen-bond acceptors (Lipinski definition) is 5. The second kappa shape index (κ2) is 6.67. The van der Waals surface area contributed by atoms with Gasteiger partial charge in [-0.3, -0.25) is 9.48 Å². The largest absolute Gasteiger partial charge is 0.346 e. The molecule has 0 radical (unpaired) electrons. The van der Waals surface area contributed by atoms with Crippen LogP contribution in [0, 0.1) is 0 Å². The van der Waals surface area contributed by atoms with Crippen molar-refractivity contribution >= 4 is 5.91 Å². The Bertz CT molecular complexity index is 619. The third-order valence-corrected chi connectivity index (χ3v) is 3.94. The minimum Gasteiger partial charge on any atom is -0.346 e. The maximum atomic E-state index is 12.0. The Kier molecular flexibility index (Phi) is 4.45. The average Bonchev–Trinajstić information content (AvgIpc) is 3.10. The zero-order valence-electron chi connectivity index (χ0n) is 12.8. The first-order valence-corrected chi connectivity index (χ1v) is 7.78. The van der Waals surface area contributed by atoms with Gasteiger partial charge in [0.1, 0.15) is 18.5 Å². The second-order valence-corrected chi connectivity index (χ2v) is 5.63. The van der Waals surface area contributed by atoms with Crippen LogP contribution < -0.4 is 5.32 Å². The van der Waals surface area contributed by atoms with E-state index in [0.717, 1.165) is 37.5 Å². The fourth-order valence-corrected chi connectivity index (χ4v) is 2.77. The number of rotatable bonds is 5. The van der Waals surface area contributed by atoms with Crippen LogP contribution in [-0.4, -0.2) is 35.4 Å². The minimum absolute atomic E-state index is 0.0195. The molecule has 0 saturated carbocycles. The van der Waals surface area contributed by atoms with Crippen LogP contribution in [-0.2, 0) is 24.3 Å². The van der Waals surface area contributed by atoms with E-state index in [-0.39, 0.29) is 11.9 Å². The number of nitrogens with one attached hydrogen (secondary N) is 1. The Morgan fingerprint density at radius 2 is 2.27 bits per heavy atom. The van der Waals surface area contributed by atoms with Crippen molar-refractivity contribution < 1.29 is 4.79 Å². The van der Waals surface area contributed by atoms with Gasteiger partial charge < -0.3 is 9.88 Å². The minimum atomic E-state index is -0.136. The van der Waals surface area contributed by atoms with E-state index >= 15 is 0 Å². The first-order chi connectivity index (χ1) is 10.7. The molecule has 22 heavy (non-hydrogen) atoms. The monoisotopic (exact) mass is 303 g/mol. The van der Waals surface area contributed by atoms with Gasteiger partial charge in [0.05, 0.1) is 12.6 Å². The van der Waals surface area contributed by atoms with Crippen LogP contribution in [0.2, 0.25) is 0 Å². The van der Waals surface area contributed by atoms with Crippen molar-refractivity contribution in [2.45, 2.75) is 58.2 Å². The predicted molar refractivity (Wildman–Crippen MR) is 78.8 cm³/mol. The number of aryl methyl sites for hydroxylation is 2. The zero-order valence-corrected chi connectivity index (χ0v) is 12.8. The molecule has 1 atom stereocenters. The summed E-state index contributed by atoms with van der Waals surface area (Å²) in [5, 5.41) is 15.5. The summed E-state index contributed by atoms with van der Waals surface area (Å²) in [5.41, 5.74) is 0. The highest BCUT2D eigenvalue weighted by atomic mass is 16.1. The SMILES string of the molecule is CC(NC(=O)CCn1cncn1)c1nnc2n1CCCCC2. The molecule has 0 bridgehead atoms. The summed E-state index contributed by atoms with van der Waals surface area (Å²) < 4.78 is 3.81. The molecule has 1 aliphatic heterocycles. The summed E-state index contributed by atoms with van der Waals surface area (Å²) >= 11 is 0. The molecule has 1 amide bonds. The number of fused-ring (bicyclic) bond motifs is 1. The smallest absolute Gasteiger partial charge is 0.222 e. The maximum absolute atomic E-state index is 12.0. The Hall–Kier alpha value is -2.25. The van der Waals surface area contributed by atoms with E-state index in [2.05, 4.69) is 30.2 Å². The van der Waals surface area contributed by atoms with Gasteiger partial charge in [-0.1, -0.05) is 6.42 Å². The molecule has 3 heterocycles. The highest BCUT2D eigenvalue weighted by Crippen LogP contribution is 2.18. The van der Waals surface area contributed by atoms with Crippen LogP contribution in [0.5, 0.6) is 0 Å². The van der Waals surface area contributed by atoms with Crippen molar-refractivity contribution in [2.24, 2.45) is 0 Å². The lowest BCUT2D eigenvalue weighted by atomic mass is 10.2. The molecule has 1 N–H and O–H groups in total. The molecule has 3 rings (SSSR count). The second-order valence-electron chi connectivity index (χ2n) is 5.63. The quantitative estimate of drug-likeness (QED) is 0.885. The number of amides is 1. The first kappa shape index (κ1) is 14.7. The van der Waals surface area contributed by atoms with Crippen molar-refractivity contribution in [1.82, 2.24) is 34.8 Å². The van der Waals surface area contributed by atoms with Gasteiger partial charge in [-0.2, -0.15) is 5.10 Å². The first-order valence-electron chi connectivity index (χ1n) is 7.78. The van der Waals surface area contributed by atoms with Crippen LogP contribution in [0.15, 0.2) is 12.7 Å². The van der Waals surface area contributed by atoms with Crippen LogP contribution in [0.3, 0.4) is 0 Å². The molecule has 2 aromatic heterocycles. The fourth-order valence-electron chi connectivity index (χ4n) is 2.77. The highest BCUT2D eigenvalue weighted by molar-refractivity contribution is 5.76. The summed E-state index contributed by atoms with van der Waals surface area (Å²) in [6, 6.07) is -0.136. The van der Waals surface area contributed by atoms with Gasteiger partial charge in [-0.05, 0) is 19.8 Å². The Labute approximate surface area is 128 Å². The summed E-state index contributed by atoms with van der Waals surface area (Å²) in [7, 11) is 0. The van der Waals surface area contributed by atoms with Gasteiger partial charge in [-0.15, -0.1) is 10.2 Å². The van der Waals surface area contributed by atoms with Gasteiger partial charge in [0, 0.05) is 19.4 Å². The summed E-state index contributed by atoms with van der Waals surface area (Å²) in [6.45, 7) is 3.42. The molecule has 0 fully saturated rings. The average molecular weight is 303 g/mol. The van der Waals surface area contributed by atoms with E-state index in [1.165, 1.54) is 12.7 Å². The van der Waals surface area contributed by atoms with Crippen molar-refractivity contribution in [2.75, 3.05) is 0 Å². The van der Waals surface area contributed by atoms with E-state index in [1.807, 2.05) is 6.92 Å². The van der Waals surface area contributed by atoms with E-state index in [1.54, 1.807) is 11.0 Å². The van der Waals surface area contributed by atoms with Crippen molar-refractivity contribution in [1.29, 1.82) is 0 Å². The topological polar surface area (TPSA) is 90.5 Å². The standard InChI is InChI=1S/C14H21N7O/c1-11(17-13(22)6-8-20-10-15-9-16-20)14-19-18-12-5-3-2-4-7-21(12)14/h9-11H,2-8H2,1H3,(H,17,22). The molecule has 1 aliphatic rings. The van der Waals surface area contributed by atoms with Crippen LogP contribution >= 0.6 is 0 Å². The highest BCUT2D eigenvalue weighted by Gasteiger charge is 2.20. The number of hydrogen-bond donors (Lipinski definition) is 1. The molecule has 0 spiro atoms. The van der Waals surface area contributed by atoms with Gasteiger partial charge >= 0.3 is 0 Å². The molecule has 0 saturated heterocycles. The van der Waals surface area contributed by atoms with Crippen molar-refractivity contribution in [3.8, 4) is 0 Å². The van der Waals surface area contributed by atoms with Gasteiger partial charge in [0.15, 0.2) is 5.82 Å². The number of carbonyl (C=O) groups is 1. The van der Waals surface area contributed by atoms with E-state index in [9.17, 15) is 4.79 Å². The molecular weight excluding hydrogens is 282 g/mol. The number of carbonyl (C=O) groups excluding carboxylic acids is 1. The van der Waals surface area contributed by atoms with Crippen molar-refractivity contribution in [3.05, 3.63) is 24.3 Å². The number of nitrogens with zero attached hydrogens (tertiary/aromatic N) is 6. The van der Waals surface area contributed by atoms with Gasteiger partial charge in [0.2, 0.25) is 5.91 Å². The Balaban J connectivity index is 1.58. The fraction of sp³-hybridized carbons (Fsp3) is 0.643. The molecule has 0 aromatic carbocycles. The third-order valence-electron chi connectivity index (χ3n) is 3.94. The molecule has 2 aromatic rings. The molecule has 1 unspecified atom stereocenters.